The molecule has 120 valence electrons. The first kappa shape index (κ1) is 15.7. The molecule has 1 N–H and O–H groups in total. The second-order valence-electron chi connectivity index (χ2n) is 5.41. The lowest BCUT2D eigenvalue weighted by Gasteiger charge is -2.04. The van der Waals surface area contributed by atoms with E-state index in [1.807, 2.05) is 55.7 Å². The van der Waals surface area contributed by atoms with E-state index in [1.54, 1.807) is 29.2 Å². The highest BCUT2D eigenvalue weighted by atomic mass is 16.1. The van der Waals surface area contributed by atoms with Gasteiger partial charge in [0.25, 0.3) is 0 Å². The zero-order valence-corrected chi connectivity index (χ0v) is 13.4. The maximum atomic E-state index is 11.9. The average molecular weight is 318 g/mol. The molecule has 0 unspecified atom stereocenters. The molecule has 0 spiro atoms. The van der Waals surface area contributed by atoms with E-state index in [1.165, 1.54) is 0 Å². The van der Waals surface area contributed by atoms with Crippen molar-refractivity contribution in [2.24, 2.45) is 7.05 Å². The number of aromatic nitrogens is 3. The number of carbonyl (C=O) groups excluding carboxylic acids is 1. The van der Waals surface area contributed by atoms with Gasteiger partial charge < -0.3 is 5.32 Å². The van der Waals surface area contributed by atoms with Crippen molar-refractivity contribution >= 4 is 12.0 Å². The first-order chi connectivity index (χ1) is 11.7. The molecule has 0 fully saturated rings. The Hall–Kier alpha value is -3.21. The molecule has 5 heteroatoms. The summed E-state index contributed by atoms with van der Waals surface area (Å²) in [6.07, 6.45) is 8.76. The molecule has 0 aliphatic heterocycles. The van der Waals surface area contributed by atoms with Crippen molar-refractivity contribution in [3.05, 3.63) is 78.3 Å². The lowest BCUT2D eigenvalue weighted by atomic mass is 10.1. The minimum atomic E-state index is -0.126. The van der Waals surface area contributed by atoms with E-state index in [4.69, 9.17) is 0 Å². The molecule has 0 atom stereocenters. The van der Waals surface area contributed by atoms with Crippen molar-refractivity contribution in [3.8, 4) is 11.3 Å². The normalized spacial score (nSPS) is 10.9. The minimum Gasteiger partial charge on any atom is -0.348 e. The largest absolute Gasteiger partial charge is 0.348 e. The highest BCUT2D eigenvalue weighted by molar-refractivity contribution is 5.91. The minimum absolute atomic E-state index is 0.126. The van der Waals surface area contributed by atoms with Crippen molar-refractivity contribution in [1.29, 1.82) is 0 Å². The Balaban J connectivity index is 1.60. The third kappa shape index (κ3) is 4.16. The maximum absolute atomic E-state index is 11.9. The molecule has 0 saturated heterocycles. The van der Waals surface area contributed by atoms with E-state index in [2.05, 4.69) is 15.4 Å². The van der Waals surface area contributed by atoms with Gasteiger partial charge in [0.2, 0.25) is 5.91 Å². The number of hydrogen-bond acceptors (Lipinski definition) is 3. The molecular weight excluding hydrogens is 300 g/mol. The Bertz CT molecular complexity index is 853. The van der Waals surface area contributed by atoms with Gasteiger partial charge in [0, 0.05) is 37.6 Å². The van der Waals surface area contributed by atoms with Crippen LogP contribution in [0, 0.1) is 0 Å². The summed E-state index contributed by atoms with van der Waals surface area (Å²) in [5, 5.41) is 7.03. The molecule has 3 aromatic rings. The summed E-state index contributed by atoms with van der Waals surface area (Å²) >= 11 is 0. The van der Waals surface area contributed by atoms with Crippen LogP contribution >= 0.6 is 0 Å². The summed E-state index contributed by atoms with van der Waals surface area (Å²) in [4.78, 5) is 16.3. The number of pyridine rings is 1. The first-order valence-corrected chi connectivity index (χ1v) is 7.65. The van der Waals surface area contributed by atoms with Gasteiger partial charge in [-0.2, -0.15) is 5.10 Å². The standard InChI is InChI=1S/C19H18N4O/c1-23-14-17(13-22-23)18-11-16(9-10-20-18)12-21-19(24)8-7-15-5-3-2-4-6-15/h2-11,13-14H,12H2,1H3,(H,21,24). The first-order valence-electron chi connectivity index (χ1n) is 7.65. The van der Waals surface area contributed by atoms with Crippen LogP contribution in [0.5, 0.6) is 0 Å². The summed E-state index contributed by atoms with van der Waals surface area (Å²) in [6.45, 7) is 0.452. The monoisotopic (exact) mass is 318 g/mol. The summed E-state index contributed by atoms with van der Waals surface area (Å²) in [7, 11) is 1.87. The van der Waals surface area contributed by atoms with Crippen LogP contribution in [-0.2, 0) is 18.4 Å². The number of benzene rings is 1. The molecule has 0 aliphatic carbocycles. The topological polar surface area (TPSA) is 59.8 Å². The Kier molecular flexibility index (Phi) is 4.81. The zero-order chi connectivity index (χ0) is 16.8. The summed E-state index contributed by atoms with van der Waals surface area (Å²) in [6, 6.07) is 13.6. The van der Waals surface area contributed by atoms with Crippen LogP contribution in [0.25, 0.3) is 17.3 Å². The van der Waals surface area contributed by atoms with Crippen LogP contribution in [-0.4, -0.2) is 20.7 Å². The van der Waals surface area contributed by atoms with Crippen LogP contribution < -0.4 is 5.32 Å². The lowest BCUT2D eigenvalue weighted by molar-refractivity contribution is -0.116. The summed E-state index contributed by atoms with van der Waals surface area (Å²) in [5.74, 6) is -0.126. The molecule has 24 heavy (non-hydrogen) atoms. The number of aryl methyl sites for hydroxylation is 1. The predicted octanol–water partition coefficient (Wildman–Crippen LogP) is 2.81. The van der Waals surface area contributed by atoms with Crippen LogP contribution in [0.1, 0.15) is 11.1 Å². The van der Waals surface area contributed by atoms with E-state index in [9.17, 15) is 4.79 Å². The number of rotatable bonds is 5. The lowest BCUT2D eigenvalue weighted by Crippen LogP contribution is -2.20. The molecule has 0 aliphatic rings. The molecule has 1 aromatic carbocycles. The fraction of sp³-hybridized carbons (Fsp3) is 0.105. The Morgan fingerprint density at radius 3 is 2.83 bits per heavy atom. The molecule has 1 amide bonds. The van der Waals surface area contributed by atoms with Crippen LogP contribution in [0.4, 0.5) is 0 Å². The molecule has 5 nitrogen and oxygen atoms in total. The van der Waals surface area contributed by atoms with E-state index < -0.39 is 0 Å². The highest BCUT2D eigenvalue weighted by Crippen LogP contribution is 2.16. The highest BCUT2D eigenvalue weighted by Gasteiger charge is 2.04. The van der Waals surface area contributed by atoms with Crippen molar-refractivity contribution in [2.75, 3.05) is 0 Å². The van der Waals surface area contributed by atoms with Crippen molar-refractivity contribution in [1.82, 2.24) is 20.1 Å². The fourth-order valence-corrected chi connectivity index (χ4v) is 2.28. The van der Waals surface area contributed by atoms with Gasteiger partial charge in [-0.15, -0.1) is 0 Å². The zero-order valence-electron chi connectivity index (χ0n) is 13.4. The van der Waals surface area contributed by atoms with E-state index in [-0.39, 0.29) is 5.91 Å². The average Bonchev–Trinajstić information content (AvgIpc) is 3.06. The molecule has 2 aromatic heterocycles. The van der Waals surface area contributed by atoms with Crippen LogP contribution in [0.2, 0.25) is 0 Å². The van der Waals surface area contributed by atoms with Gasteiger partial charge in [-0.25, -0.2) is 0 Å². The number of nitrogens with one attached hydrogen (secondary N) is 1. The second-order valence-corrected chi connectivity index (χ2v) is 5.41. The van der Waals surface area contributed by atoms with E-state index >= 15 is 0 Å². The molecule has 0 saturated carbocycles. The van der Waals surface area contributed by atoms with E-state index in [0.717, 1.165) is 22.4 Å². The molecule has 3 rings (SSSR count). The number of hydrogen-bond donors (Lipinski definition) is 1. The summed E-state index contributed by atoms with van der Waals surface area (Å²) < 4.78 is 1.74. The molecule has 0 radical (unpaired) electrons. The Morgan fingerprint density at radius 2 is 2.08 bits per heavy atom. The number of amides is 1. The van der Waals surface area contributed by atoms with Crippen molar-refractivity contribution in [3.63, 3.8) is 0 Å². The third-order valence-corrected chi connectivity index (χ3v) is 3.52. The molecule has 0 bridgehead atoms. The van der Waals surface area contributed by atoms with Crippen molar-refractivity contribution in [2.45, 2.75) is 6.54 Å². The third-order valence-electron chi connectivity index (χ3n) is 3.52. The van der Waals surface area contributed by atoms with Crippen LogP contribution in [0.3, 0.4) is 0 Å². The van der Waals surface area contributed by atoms with Gasteiger partial charge in [-0.1, -0.05) is 30.3 Å². The van der Waals surface area contributed by atoms with Gasteiger partial charge in [-0.05, 0) is 29.3 Å². The van der Waals surface area contributed by atoms with Gasteiger partial charge in [0.05, 0.1) is 11.9 Å². The summed E-state index contributed by atoms with van der Waals surface area (Å²) in [5.41, 5.74) is 3.78. The maximum Gasteiger partial charge on any atom is 0.244 e. The van der Waals surface area contributed by atoms with Crippen LogP contribution in [0.15, 0.2) is 67.1 Å². The molecule has 2 heterocycles. The SMILES string of the molecule is Cn1cc(-c2cc(CNC(=O)C=Cc3ccccc3)ccn2)cn1. The second kappa shape index (κ2) is 7.37. The number of nitrogens with zero attached hydrogens (tertiary/aromatic N) is 3. The Labute approximate surface area is 140 Å². The predicted molar refractivity (Wildman–Crippen MR) is 93.8 cm³/mol. The van der Waals surface area contributed by atoms with Gasteiger partial charge >= 0.3 is 0 Å². The fourth-order valence-electron chi connectivity index (χ4n) is 2.28. The quantitative estimate of drug-likeness (QED) is 0.736. The van der Waals surface area contributed by atoms with Gasteiger partial charge in [-0.3, -0.25) is 14.5 Å². The van der Waals surface area contributed by atoms with Gasteiger partial charge in [0.15, 0.2) is 0 Å². The van der Waals surface area contributed by atoms with Gasteiger partial charge in [0.1, 0.15) is 0 Å². The molecular formula is C19H18N4O. The Morgan fingerprint density at radius 1 is 1.25 bits per heavy atom. The van der Waals surface area contributed by atoms with E-state index in [0.29, 0.717) is 6.54 Å². The van der Waals surface area contributed by atoms with Crippen molar-refractivity contribution < 1.29 is 4.79 Å². The smallest absolute Gasteiger partial charge is 0.244 e. The number of carbonyl (C=O) groups is 1.